The molecule has 2 N–H and O–H groups in total. The van der Waals surface area contributed by atoms with Crippen molar-refractivity contribution in [3.05, 3.63) is 0 Å². The highest BCUT2D eigenvalue weighted by molar-refractivity contribution is 7.73. The zero-order valence-corrected chi connectivity index (χ0v) is 5.00. The number of H-pyrrole nitrogens is 1. The fraction of sp³-hybridized carbons (Fsp3) is 0. The first kappa shape index (κ1) is 5.95. The zero-order valence-electron chi connectivity index (χ0n) is 4.11. The molecule has 0 saturated heterocycles. The number of anilines is 1. The van der Waals surface area contributed by atoms with Crippen molar-refractivity contribution in [2.75, 3.05) is 4.72 Å². The first-order chi connectivity index (χ1) is 4.29. The molecule has 0 fully saturated rings. The standard InChI is InChI=1S/CH3N5O2S/c7-9(8)4-1-2-5-6-3-1/h9H,(H2,2,3,4,5,6,7,8). The molecule has 1 rings (SSSR count). The molecule has 0 radical (unpaired) electrons. The Balaban J connectivity index is 2.68. The van der Waals surface area contributed by atoms with Crippen LogP contribution in [0.15, 0.2) is 0 Å². The van der Waals surface area contributed by atoms with Gasteiger partial charge >= 0.3 is 0 Å². The Kier molecular flexibility index (Phi) is 1.58. The summed E-state index contributed by atoms with van der Waals surface area (Å²) in [6.07, 6.45) is 0. The van der Waals surface area contributed by atoms with Gasteiger partial charge in [-0.1, -0.05) is 5.10 Å². The van der Waals surface area contributed by atoms with Gasteiger partial charge in [0.05, 0.1) is 0 Å². The van der Waals surface area contributed by atoms with Crippen LogP contribution in [0.2, 0.25) is 0 Å². The molecule has 9 heavy (non-hydrogen) atoms. The number of aromatic amines is 1. The van der Waals surface area contributed by atoms with Crippen molar-refractivity contribution in [3.63, 3.8) is 0 Å². The molecule has 0 bridgehead atoms. The molecule has 1 heterocycles. The summed E-state index contributed by atoms with van der Waals surface area (Å²) in [6, 6.07) is 0. The van der Waals surface area contributed by atoms with Gasteiger partial charge in [-0.05, 0) is 10.4 Å². The first-order valence-electron chi connectivity index (χ1n) is 1.94. The number of nitrogens with zero attached hydrogens (tertiary/aromatic N) is 3. The van der Waals surface area contributed by atoms with Gasteiger partial charge in [0.25, 0.3) is 5.95 Å². The van der Waals surface area contributed by atoms with Crippen molar-refractivity contribution in [1.29, 1.82) is 0 Å². The van der Waals surface area contributed by atoms with Gasteiger partial charge in [-0.3, -0.25) is 4.72 Å². The molecule has 0 saturated carbocycles. The van der Waals surface area contributed by atoms with E-state index in [0.29, 0.717) is 0 Å². The summed E-state index contributed by atoms with van der Waals surface area (Å²) in [5.41, 5.74) is 0. The van der Waals surface area contributed by atoms with Gasteiger partial charge in [0.2, 0.25) is 10.9 Å². The summed E-state index contributed by atoms with van der Waals surface area (Å²) in [6.45, 7) is 0. The van der Waals surface area contributed by atoms with E-state index in [0.717, 1.165) is 0 Å². The SMILES string of the molecule is O=[SH](=O)Nc1nnn[nH]1. The molecule has 0 aliphatic carbocycles. The van der Waals surface area contributed by atoms with Crippen LogP contribution in [0.1, 0.15) is 0 Å². The Labute approximate surface area is 51.5 Å². The van der Waals surface area contributed by atoms with Crippen molar-refractivity contribution in [2.24, 2.45) is 0 Å². The molecule has 0 amide bonds. The summed E-state index contributed by atoms with van der Waals surface area (Å²) in [5.74, 6) is 0.0195. The number of aromatic nitrogens is 4. The summed E-state index contributed by atoms with van der Waals surface area (Å²) < 4.78 is 21.7. The van der Waals surface area contributed by atoms with Crippen molar-refractivity contribution in [2.45, 2.75) is 0 Å². The van der Waals surface area contributed by atoms with Crippen LogP contribution in [0.5, 0.6) is 0 Å². The molecule has 8 heteroatoms. The fourth-order valence-corrected chi connectivity index (χ4v) is 0.561. The molecular formula is CH3N5O2S. The molecule has 7 nitrogen and oxygen atoms in total. The average Bonchev–Trinajstić information content (AvgIpc) is 2.15. The minimum atomic E-state index is -2.67. The minimum Gasteiger partial charge on any atom is -0.252 e. The first-order valence-corrected chi connectivity index (χ1v) is 3.11. The number of nitrogens with one attached hydrogen (secondary N) is 2. The number of hydrogen-bond acceptors (Lipinski definition) is 5. The van der Waals surface area contributed by atoms with E-state index < -0.39 is 10.9 Å². The third-order valence-electron chi connectivity index (χ3n) is 0.543. The Bertz CT molecular complexity index is 229. The molecule has 0 aliphatic heterocycles. The molecule has 0 spiro atoms. The van der Waals surface area contributed by atoms with Crippen molar-refractivity contribution >= 4 is 16.8 Å². The number of tetrazole rings is 1. The number of rotatable bonds is 2. The molecule has 0 aromatic carbocycles. The monoisotopic (exact) mass is 149 g/mol. The van der Waals surface area contributed by atoms with Gasteiger partial charge in [0, 0.05) is 0 Å². The third kappa shape index (κ3) is 1.64. The van der Waals surface area contributed by atoms with E-state index in [1.165, 1.54) is 0 Å². The Morgan fingerprint density at radius 1 is 1.56 bits per heavy atom. The van der Waals surface area contributed by atoms with Gasteiger partial charge < -0.3 is 0 Å². The van der Waals surface area contributed by atoms with E-state index >= 15 is 0 Å². The largest absolute Gasteiger partial charge is 0.253 e. The van der Waals surface area contributed by atoms with E-state index in [4.69, 9.17) is 0 Å². The molecule has 50 valence electrons. The Morgan fingerprint density at radius 2 is 2.33 bits per heavy atom. The maximum atomic E-state index is 9.88. The van der Waals surface area contributed by atoms with E-state index in [1.54, 1.807) is 0 Å². The van der Waals surface area contributed by atoms with Crippen LogP contribution < -0.4 is 4.72 Å². The maximum Gasteiger partial charge on any atom is 0.253 e. The fourth-order valence-electron chi connectivity index (χ4n) is 0.293. The molecule has 0 aliphatic rings. The smallest absolute Gasteiger partial charge is 0.252 e. The van der Waals surface area contributed by atoms with E-state index in [1.807, 2.05) is 4.72 Å². The van der Waals surface area contributed by atoms with Crippen LogP contribution in [-0.4, -0.2) is 29.0 Å². The van der Waals surface area contributed by atoms with Crippen molar-refractivity contribution in [3.8, 4) is 0 Å². The van der Waals surface area contributed by atoms with E-state index in [2.05, 4.69) is 20.6 Å². The second kappa shape index (κ2) is 2.40. The van der Waals surface area contributed by atoms with Crippen molar-refractivity contribution < 1.29 is 8.42 Å². The second-order valence-electron chi connectivity index (χ2n) is 1.12. The van der Waals surface area contributed by atoms with Crippen LogP contribution in [0.4, 0.5) is 5.95 Å². The quantitative estimate of drug-likeness (QED) is 0.428. The van der Waals surface area contributed by atoms with Crippen molar-refractivity contribution in [1.82, 2.24) is 20.6 Å². The molecule has 0 atom stereocenters. The highest BCUT2D eigenvalue weighted by Crippen LogP contribution is 1.86. The van der Waals surface area contributed by atoms with E-state index in [9.17, 15) is 8.42 Å². The van der Waals surface area contributed by atoms with Gasteiger partial charge in [-0.15, -0.1) is 0 Å². The maximum absolute atomic E-state index is 9.88. The summed E-state index contributed by atoms with van der Waals surface area (Å²) in [7, 11) is -2.67. The topological polar surface area (TPSA) is 101 Å². The lowest BCUT2D eigenvalue weighted by molar-refractivity contribution is 0.618. The lowest BCUT2D eigenvalue weighted by Crippen LogP contribution is -1.96. The van der Waals surface area contributed by atoms with Gasteiger partial charge in [0.1, 0.15) is 0 Å². The molecule has 1 aromatic heterocycles. The van der Waals surface area contributed by atoms with Crippen LogP contribution in [0, 0.1) is 0 Å². The van der Waals surface area contributed by atoms with Gasteiger partial charge in [-0.2, -0.15) is 0 Å². The highest BCUT2D eigenvalue weighted by Gasteiger charge is 1.91. The van der Waals surface area contributed by atoms with E-state index in [-0.39, 0.29) is 5.95 Å². The number of thiol groups is 1. The Hall–Kier alpha value is -1.18. The summed E-state index contributed by atoms with van der Waals surface area (Å²) in [4.78, 5) is 0. The number of hydrogen-bond donors (Lipinski definition) is 3. The van der Waals surface area contributed by atoms with Crippen LogP contribution in [-0.2, 0) is 10.9 Å². The molecule has 1 aromatic rings. The summed E-state index contributed by atoms with van der Waals surface area (Å²) >= 11 is 0. The third-order valence-corrected chi connectivity index (χ3v) is 0.937. The normalized spacial score (nSPS) is 9.89. The van der Waals surface area contributed by atoms with Gasteiger partial charge in [-0.25, -0.2) is 13.5 Å². The average molecular weight is 149 g/mol. The lowest BCUT2D eigenvalue weighted by atomic mass is 11.2. The second-order valence-corrected chi connectivity index (χ2v) is 1.86. The zero-order chi connectivity index (χ0) is 6.69. The molecular weight excluding hydrogens is 146 g/mol. The predicted octanol–water partition coefficient (Wildman–Crippen LogP) is -1.86. The predicted molar refractivity (Wildman–Crippen MR) is 28.1 cm³/mol. The van der Waals surface area contributed by atoms with Crippen LogP contribution >= 0.6 is 0 Å². The summed E-state index contributed by atoms with van der Waals surface area (Å²) in [5, 5.41) is 11.7. The minimum absolute atomic E-state index is 0.0195. The van der Waals surface area contributed by atoms with Gasteiger partial charge in [0.15, 0.2) is 0 Å². The van der Waals surface area contributed by atoms with Crippen LogP contribution in [0.3, 0.4) is 0 Å². The van der Waals surface area contributed by atoms with Crippen LogP contribution in [0.25, 0.3) is 0 Å². The highest BCUT2D eigenvalue weighted by atomic mass is 32.2. The lowest BCUT2D eigenvalue weighted by Gasteiger charge is -1.83. The molecule has 0 unspecified atom stereocenters. The Morgan fingerprint density at radius 3 is 2.78 bits per heavy atom.